The summed E-state index contributed by atoms with van der Waals surface area (Å²) in [6.07, 6.45) is 1.69. The van der Waals surface area contributed by atoms with Crippen LogP contribution in [0.1, 0.15) is 10.5 Å². The second kappa shape index (κ2) is 7.79. The summed E-state index contributed by atoms with van der Waals surface area (Å²) in [6, 6.07) is 24.9. The third kappa shape index (κ3) is 3.64. The Labute approximate surface area is 178 Å². The van der Waals surface area contributed by atoms with Gasteiger partial charge in [0.05, 0.1) is 30.0 Å². The molecule has 152 valence electrons. The smallest absolute Gasteiger partial charge is 0.280 e. The number of rotatable bonds is 5. The van der Waals surface area contributed by atoms with Crippen molar-refractivity contribution in [1.29, 1.82) is 0 Å². The molecule has 5 rings (SSSR count). The number of H-pyrrole nitrogens is 1. The number of nitrogens with one attached hydrogen (secondary N) is 2. The van der Waals surface area contributed by atoms with Gasteiger partial charge >= 0.3 is 0 Å². The van der Waals surface area contributed by atoms with Gasteiger partial charge in [-0.25, -0.2) is 9.67 Å². The average molecular weight is 409 g/mol. The first-order valence-corrected chi connectivity index (χ1v) is 9.77. The number of aromatic amines is 1. The highest BCUT2D eigenvalue weighted by molar-refractivity contribution is 6.04. The van der Waals surface area contributed by atoms with Crippen molar-refractivity contribution in [3.8, 4) is 22.8 Å². The van der Waals surface area contributed by atoms with Crippen LogP contribution in [0, 0.1) is 0 Å². The molecule has 0 radical (unpaired) electrons. The highest BCUT2D eigenvalue weighted by Gasteiger charge is 2.18. The quantitative estimate of drug-likeness (QED) is 0.442. The lowest BCUT2D eigenvalue weighted by Crippen LogP contribution is -2.14. The van der Waals surface area contributed by atoms with Crippen LogP contribution in [-0.4, -0.2) is 32.8 Å². The lowest BCUT2D eigenvalue weighted by molar-refractivity contribution is 0.101. The lowest BCUT2D eigenvalue weighted by atomic mass is 10.2. The van der Waals surface area contributed by atoms with Crippen LogP contribution < -0.4 is 10.1 Å². The van der Waals surface area contributed by atoms with Gasteiger partial charge < -0.3 is 15.0 Å². The van der Waals surface area contributed by atoms with E-state index in [2.05, 4.69) is 20.4 Å². The molecule has 0 aliphatic heterocycles. The maximum absolute atomic E-state index is 12.8. The van der Waals surface area contributed by atoms with Gasteiger partial charge in [-0.15, -0.1) is 0 Å². The highest BCUT2D eigenvalue weighted by Crippen LogP contribution is 2.24. The number of methoxy groups -OCH3 is 1. The molecule has 1 amide bonds. The van der Waals surface area contributed by atoms with Crippen molar-refractivity contribution in [2.45, 2.75) is 0 Å². The number of hydrogen-bond donors (Lipinski definition) is 2. The Morgan fingerprint density at radius 2 is 1.71 bits per heavy atom. The van der Waals surface area contributed by atoms with Crippen LogP contribution in [-0.2, 0) is 0 Å². The monoisotopic (exact) mass is 409 g/mol. The van der Waals surface area contributed by atoms with E-state index in [9.17, 15) is 4.79 Å². The molecule has 0 unspecified atom stereocenters. The number of nitrogens with zero attached hydrogens (tertiary/aromatic N) is 3. The van der Waals surface area contributed by atoms with Crippen molar-refractivity contribution in [2.24, 2.45) is 0 Å². The van der Waals surface area contributed by atoms with Gasteiger partial charge in [0, 0.05) is 11.3 Å². The Hall–Kier alpha value is -4.39. The molecule has 7 nitrogen and oxygen atoms in total. The summed E-state index contributed by atoms with van der Waals surface area (Å²) < 4.78 is 6.98. The van der Waals surface area contributed by atoms with Crippen LogP contribution in [0.3, 0.4) is 0 Å². The van der Waals surface area contributed by atoms with Gasteiger partial charge in [-0.2, -0.15) is 5.10 Å². The van der Waals surface area contributed by atoms with E-state index in [-0.39, 0.29) is 11.6 Å². The molecule has 0 saturated heterocycles. The number of amides is 1. The predicted octanol–water partition coefficient (Wildman–Crippen LogP) is 4.68. The summed E-state index contributed by atoms with van der Waals surface area (Å²) in [6.45, 7) is 0. The largest absolute Gasteiger partial charge is 0.493 e. The Morgan fingerprint density at radius 1 is 0.968 bits per heavy atom. The Morgan fingerprint density at radius 3 is 2.45 bits per heavy atom. The Bertz CT molecular complexity index is 1320. The summed E-state index contributed by atoms with van der Waals surface area (Å²) >= 11 is 0. The topological polar surface area (TPSA) is 84.8 Å². The minimum Gasteiger partial charge on any atom is -0.493 e. The van der Waals surface area contributed by atoms with Crippen molar-refractivity contribution >= 4 is 22.6 Å². The fourth-order valence-corrected chi connectivity index (χ4v) is 3.37. The molecule has 7 heteroatoms. The number of carbonyl (C=O) groups is 1. The van der Waals surface area contributed by atoms with Crippen molar-refractivity contribution in [2.75, 3.05) is 12.4 Å². The molecule has 0 atom stereocenters. The van der Waals surface area contributed by atoms with Crippen LogP contribution in [0.15, 0.2) is 85.1 Å². The molecule has 2 N–H and O–H groups in total. The van der Waals surface area contributed by atoms with E-state index in [1.807, 2.05) is 78.9 Å². The second-order valence-electron chi connectivity index (χ2n) is 6.96. The molecule has 5 aromatic rings. The number of para-hydroxylation sites is 3. The third-order valence-electron chi connectivity index (χ3n) is 4.94. The molecule has 2 heterocycles. The Balaban J connectivity index is 1.36. The molecule has 31 heavy (non-hydrogen) atoms. The van der Waals surface area contributed by atoms with E-state index in [1.165, 1.54) is 7.11 Å². The minimum atomic E-state index is -0.344. The number of anilines is 1. The number of fused-ring (bicyclic) bond motifs is 1. The van der Waals surface area contributed by atoms with Crippen molar-refractivity contribution in [3.63, 3.8) is 0 Å². The fraction of sp³-hybridized carbons (Fsp3) is 0.0417. The molecule has 0 bridgehead atoms. The number of imidazole rings is 1. The van der Waals surface area contributed by atoms with Gasteiger partial charge in [0.2, 0.25) is 0 Å². The van der Waals surface area contributed by atoms with Crippen molar-refractivity contribution in [1.82, 2.24) is 19.7 Å². The van der Waals surface area contributed by atoms with Gasteiger partial charge in [0.25, 0.3) is 5.91 Å². The maximum atomic E-state index is 12.8. The van der Waals surface area contributed by atoms with Gasteiger partial charge in [-0.3, -0.25) is 4.79 Å². The van der Waals surface area contributed by atoms with E-state index in [4.69, 9.17) is 4.74 Å². The maximum Gasteiger partial charge on any atom is 0.280 e. The molecule has 0 saturated carbocycles. The number of carbonyl (C=O) groups excluding carboxylic acids is 1. The molecule has 0 aliphatic rings. The second-order valence-corrected chi connectivity index (χ2v) is 6.96. The third-order valence-corrected chi connectivity index (χ3v) is 4.94. The van der Waals surface area contributed by atoms with E-state index >= 15 is 0 Å². The number of benzene rings is 3. The lowest BCUT2D eigenvalue weighted by Gasteiger charge is -2.05. The highest BCUT2D eigenvalue weighted by atomic mass is 16.5. The Kier molecular flexibility index (Phi) is 4.68. The summed E-state index contributed by atoms with van der Waals surface area (Å²) in [5.41, 5.74) is 4.54. The number of ether oxygens (including phenoxy) is 1. The van der Waals surface area contributed by atoms with Crippen LogP contribution in [0.25, 0.3) is 28.1 Å². The molecular formula is C24H19N5O2. The molecule has 2 aromatic heterocycles. The van der Waals surface area contributed by atoms with Crippen LogP contribution >= 0.6 is 0 Å². The standard InChI is InChI=1S/C24H19N5O2/c1-31-21-15-29(18-7-3-2-4-8-18)28-22(21)24(30)25-17-13-11-16(12-14-17)23-26-19-9-5-6-10-20(19)27-23/h2-15H,1H3,(H,25,30)(H,26,27). The average Bonchev–Trinajstić information content (AvgIpc) is 3.45. The molecule has 0 spiro atoms. The van der Waals surface area contributed by atoms with Gasteiger partial charge in [-0.1, -0.05) is 30.3 Å². The minimum absolute atomic E-state index is 0.215. The van der Waals surface area contributed by atoms with Crippen LogP contribution in [0.5, 0.6) is 5.75 Å². The van der Waals surface area contributed by atoms with E-state index in [0.29, 0.717) is 11.4 Å². The molecule has 0 fully saturated rings. The van der Waals surface area contributed by atoms with Crippen molar-refractivity contribution in [3.05, 3.63) is 90.8 Å². The van der Waals surface area contributed by atoms with Gasteiger partial charge in [-0.05, 0) is 48.5 Å². The SMILES string of the molecule is COc1cn(-c2ccccc2)nc1C(=O)Nc1ccc(-c2nc3ccccc3[nH]2)cc1. The fourth-order valence-electron chi connectivity index (χ4n) is 3.37. The molecule has 3 aromatic carbocycles. The first kappa shape index (κ1) is 18.6. The van der Waals surface area contributed by atoms with Crippen LogP contribution in [0.2, 0.25) is 0 Å². The van der Waals surface area contributed by atoms with Crippen LogP contribution in [0.4, 0.5) is 5.69 Å². The van der Waals surface area contributed by atoms with E-state index in [1.54, 1.807) is 10.9 Å². The summed E-state index contributed by atoms with van der Waals surface area (Å²) in [7, 11) is 1.52. The van der Waals surface area contributed by atoms with E-state index < -0.39 is 0 Å². The summed E-state index contributed by atoms with van der Waals surface area (Å²) in [4.78, 5) is 20.7. The first-order valence-electron chi connectivity index (χ1n) is 9.77. The normalized spacial score (nSPS) is 10.9. The van der Waals surface area contributed by atoms with Gasteiger partial charge in [0.1, 0.15) is 5.82 Å². The zero-order valence-electron chi connectivity index (χ0n) is 16.7. The molecular weight excluding hydrogens is 390 g/mol. The zero-order chi connectivity index (χ0) is 21.2. The summed E-state index contributed by atoms with van der Waals surface area (Å²) in [5, 5.41) is 7.28. The zero-order valence-corrected chi connectivity index (χ0v) is 16.7. The first-order chi connectivity index (χ1) is 15.2. The summed E-state index contributed by atoms with van der Waals surface area (Å²) in [5.74, 6) is 0.839. The van der Waals surface area contributed by atoms with Gasteiger partial charge in [0.15, 0.2) is 11.4 Å². The number of aromatic nitrogens is 4. The van der Waals surface area contributed by atoms with Crippen molar-refractivity contribution < 1.29 is 9.53 Å². The number of hydrogen-bond acceptors (Lipinski definition) is 4. The molecule has 0 aliphatic carbocycles. The predicted molar refractivity (Wildman–Crippen MR) is 120 cm³/mol. The van der Waals surface area contributed by atoms with E-state index in [0.717, 1.165) is 28.1 Å².